The van der Waals surface area contributed by atoms with Gasteiger partial charge in [0, 0.05) is 35.7 Å². The molecule has 4 rings (SSSR count). The van der Waals surface area contributed by atoms with Gasteiger partial charge in [-0.1, -0.05) is 41.9 Å². The average Bonchev–Trinajstić information content (AvgIpc) is 3.05. The molecule has 1 N–H and O–H groups in total. The number of nitrogens with zero attached hydrogens (tertiary/aromatic N) is 2. The summed E-state index contributed by atoms with van der Waals surface area (Å²) in [5, 5.41) is 4.10. The fourth-order valence-electron chi connectivity index (χ4n) is 3.67. The van der Waals surface area contributed by atoms with Crippen LogP contribution in [0.3, 0.4) is 0 Å². The van der Waals surface area contributed by atoms with Crippen LogP contribution in [0.2, 0.25) is 5.02 Å². The highest BCUT2D eigenvalue weighted by Gasteiger charge is 2.31. The molecule has 0 bridgehead atoms. The minimum absolute atomic E-state index is 0.00805. The van der Waals surface area contributed by atoms with E-state index in [-0.39, 0.29) is 11.9 Å². The molecule has 1 amide bonds. The van der Waals surface area contributed by atoms with Gasteiger partial charge in [-0.2, -0.15) is 0 Å². The number of para-hydroxylation sites is 1. The van der Waals surface area contributed by atoms with E-state index in [9.17, 15) is 4.79 Å². The highest BCUT2D eigenvalue weighted by Crippen LogP contribution is 2.33. The average molecular weight is 392 g/mol. The molecule has 0 saturated carbocycles. The van der Waals surface area contributed by atoms with Crippen molar-refractivity contribution in [3.05, 3.63) is 88.7 Å². The molecule has 0 radical (unpaired) electrons. The monoisotopic (exact) mass is 391 g/mol. The summed E-state index contributed by atoms with van der Waals surface area (Å²) in [4.78, 5) is 19.3. The first-order valence-electron chi connectivity index (χ1n) is 9.46. The standard InChI is InChI=1S/C23H22ClN3O/c1-16-12-18-4-2-3-5-22(18)27(16)23(28)19-13-21(15-25-14-19)26-11-10-17-6-8-20(24)9-7-17/h2-9,13-16,26H,10-12H2,1H3. The molecule has 5 heteroatoms. The smallest absolute Gasteiger partial charge is 0.260 e. The minimum Gasteiger partial charge on any atom is -0.383 e. The number of benzene rings is 2. The second kappa shape index (κ2) is 8.03. The highest BCUT2D eigenvalue weighted by atomic mass is 35.5. The number of carbonyl (C=O) groups excluding carboxylic acids is 1. The van der Waals surface area contributed by atoms with Crippen molar-refractivity contribution < 1.29 is 4.79 Å². The van der Waals surface area contributed by atoms with Crippen LogP contribution in [0, 0.1) is 0 Å². The molecule has 2 aromatic carbocycles. The van der Waals surface area contributed by atoms with Gasteiger partial charge in [0.25, 0.3) is 5.91 Å². The Morgan fingerprint density at radius 3 is 2.79 bits per heavy atom. The van der Waals surface area contributed by atoms with Gasteiger partial charge < -0.3 is 10.2 Å². The van der Waals surface area contributed by atoms with Gasteiger partial charge >= 0.3 is 0 Å². The molecule has 1 aliphatic heterocycles. The topological polar surface area (TPSA) is 45.2 Å². The van der Waals surface area contributed by atoms with Crippen LogP contribution in [0.1, 0.15) is 28.4 Å². The number of carbonyl (C=O) groups is 1. The molecule has 142 valence electrons. The number of pyridine rings is 1. The van der Waals surface area contributed by atoms with E-state index in [4.69, 9.17) is 11.6 Å². The lowest BCUT2D eigenvalue weighted by Crippen LogP contribution is -2.35. The van der Waals surface area contributed by atoms with Crippen LogP contribution in [0.4, 0.5) is 11.4 Å². The molecule has 1 unspecified atom stereocenters. The van der Waals surface area contributed by atoms with E-state index in [0.29, 0.717) is 5.56 Å². The Morgan fingerprint density at radius 2 is 1.96 bits per heavy atom. The maximum absolute atomic E-state index is 13.1. The van der Waals surface area contributed by atoms with Crippen molar-refractivity contribution in [2.24, 2.45) is 0 Å². The third kappa shape index (κ3) is 3.87. The van der Waals surface area contributed by atoms with Crippen molar-refractivity contribution in [1.82, 2.24) is 4.98 Å². The molecule has 28 heavy (non-hydrogen) atoms. The second-order valence-corrected chi connectivity index (χ2v) is 7.56. The van der Waals surface area contributed by atoms with Gasteiger partial charge in [-0.15, -0.1) is 0 Å². The predicted molar refractivity (Wildman–Crippen MR) is 114 cm³/mol. The number of amides is 1. The van der Waals surface area contributed by atoms with E-state index < -0.39 is 0 Å². The molecule has 1 atom stereocenters. The number of rotatable bonds is 5. The lowest BCUT2D eigenvalue weighted by Gasteiger charge is -2.23. The Labute approximate surface area is 170 Å². The van der Waals surface area contributed by atoms with Gasteiger partial charge in [0.2, 0.25) is 0 Å². The number of hydrogen-bond acceptors (Lipinski definition) is 3. The van der Waals surface area contributed by atoms with Crippen molar-refractivity contribution in [3.63, 3.8) is 0 Å². The zero-order valence-electron chi connectivity index (χ0n) is 15.7. The maximum atomic E-state index is 13.1. The molecule has 2 heterocycles. The van der Waals surface area contributed by atoms with Gasteiger partial charge in [0.1, 0.15) is 0 Å². The lowest BCUT2D eigenvalue weighted by atomic mass is 10.1. The van der Waals surface area contributed by atoms with Crippen LogP contribution in [0.25, 0.3) is 0 Å². The summed E-state index contributed by atoms with van der Waals surface area (Å²) in [6.45, 7) is 2.84. The van der Waals surface area contributed by atoms with Crippen LogP contribution in [0.15, 0.2) is 67.0 Å². The number of halogens is 1. The fourth-order valence-corrected chi connectivity index (χ4v) is 3.80. The zero-order chi connectivity index (χ0) is 19.5. The number of nitrogens with one attached hydrogen (secondary N) is 1. The van der Waals surface area contributed by atoms with Crippen molar-refractivity contribution in [2.75, 3.05) is 16.8 Å². The third-order valence-corrected chi connectivity index (χ3v) is 5.32. The Balaban J connectivity index is 1.45. The molecule has 1 aliphatic rings. The van der Waals surface area contributed by atoms with Crippen LogP contribution < -0.4 is 10.2 Å². The van der Waals surface area contributed by atoms with E-state index in [1.54, 1.807) is 12.4 Å². The van der Waals surface area contributed by atoms with Gasteiger partial charge in [-0.25, -0.2) is 0 Å². The van der Waals surface area contributed by atoms with Crippen LogP contribution in [-0.2, 0) is 12.8 Å². The van der Waals surface area contributed by atoms with Crippen LogP contribution in [0.5, 0.6) is 0 Å². The summed E-state index contributed by atoms with van der Waals surface area (Å²) in [5.41, 5.74) is 4.87. The Kier molecular flexibility index (Phi) is 5.31. The molecule has 0 aliphatic carbocycles. The summed E-state index contributed by atoms with van der Waals surface area (Å²) in [6.07, 6.45) is 5.14. The number of hydrogen-bond donors (Lipinski definition) is 1. The Hall–Kier alpha value is -2.85. The summed E-state index contributed by atoms with van der Waals surface area (Å²) in [7, 11) is 0. The zero-order valence-corrected chi connectivity index (χ0v) is 16.5. The number of fused-ring (bicyclic) bond motifs is 1. The predicted octanol–water partition coefficient (Wildman–Crippen LogP) is 4.98. The largest absolute Gasteiger partial charge is 0.383 e. The summed E-state index contributed by atoms with van der Waals surface area (Å²) in [5.74, 6) is -0.00805. The second-order valence-electron chi connectivity index (χ2n) is 7.12. The first-order chi connectivity index (χ1) is 13.6. The Morgan fingerprint density at radius 1 is 1.18 bits per heavy atom. The van der Waals surface area contributed by atoms with Gasteiger partial charge in [-0.05, 0) is 55.2 Å². The van der Waals surface area contributed by atoms with E-state index in [1.807, 2.05) is 53.4 Å². The summed E-state index contributed by atoms with van der Waals surface area (Å²) < 4.78 is 0. The first kappa shape index (κ1) is 18.5. The molecular weight excluding hydrogens is 370 g/mol. The summed E-state index contributed by atoms with van der Waals surface area (Å²) in [6, 6.07) is 18.0. The Bertz CT molecular complexity index is 987. The van der Waals surface area contributed by atoms with Crippen LogP contribution in [-0.4, -0.2) is 23.5 Å². The van der Waals surface area contributed by atoms with E-state index in [1.165, 1.54) is 11.1 Å². The fraction of sp³-hybridized carbons (Fsp3) is 0.217. The van der Waals surface area contributed by atoms with Crippen molar-refractivity contribution in [1.29, 1.82) is 0 Å². The highest BCUT2D eigenvalue weighted by molar-refractivity contribution is 6.30. The number of aromatic nitrogens is 1. The molecule has 0 fully saturated rings. The van der Waals surface area contributed by atoms with E-state index in [0.717, 1.165) is 35.8 Å². The normalized spacial score (nSPS) is 15.4. The molecule has 3 aromatic rings. The molecule has 4 nitrogen and oxygen atoms in total. The molecular formula is C23H22ClN3O. The molecule has 1 aromatic heterocycles. The van der Waals surface area contributed by atoms with E-state index in [2.05, 4.69) is 23.3 Å². The lowest BCUT2D eigenvalue weighted by molar-refractivity contribution is 0.0981. The van der Waals surface area contributed by atoms with Gasteiger partial charge in [0.15, 0.2) is 0 Å². The maximum Gasteiger partial charge on any atom is 0.260 e. The van der Waals surface area contributed by atoms with Crippen LogP contribution >= 0.6 is 11.6 Å². The molecule has 0 spiro atoms. The van der Waals surface area contributed by atoms with Gasteiger partial charge in [-0.3, -0.25) is 9.78 Å². The van der Waals surface area contributed by atoms with Gasteiger partial charge in [0.05, 0.1) is 11.3 Å². The van der Waals surface area contributed by atoms with E-state index >= 15 is 0 Å². The summed E-state index contributed by atoms with van der Waals surface area (Å²) >= 11 is 5.92. The van der Waals surface area contributed by atoms with Crippen molar-refractivity contribution in [2.45, 2.75) is 25.8 Å². The minimum atomic E-state index is -0.00805. The quantitative estimate of drug-likeness (QED) is 0.667. The third-order valence-electron chi connectivity index (χ3n) is 5.07. The van der Waals surface area contributed by atoms with Crippen molar-refractivity contribution in [3.8, 4) is 0 Å². The molecule has 0 saturated heterocycles. The van der Waals surface area contributed by atoms with Crippen molar-refractivity contribution >= 4 is 28.9 Å². The first-order valence-corrected chi connectivity index (χ1v) is 9.84. The number of anilines is 2. The SMILES string of the molecule is CC1Cc2ccccc2N1C(=O)c1cncc(NCCc2ccc(Cl)cc2)c1.